The summed E-state index contributed by atoms with van der Waals surface area (Å²) in [5.41, 5.74) is 1.23. The van der Waals surface area contributed by atoms with Crippen molar-refractivity contribution in [2.24, 2.45) is 11.8 Å². The number of likely N-dealkylation sites (tertiary alicyclic amines) is 1. The molecule has 0 spiro atoms. The fourth-order valence-corrected chi connectivity index (χ4v) is 4.98. The molecule has 1 aromatic heterocycles. The van der Waals surface area contributed by atoms with Crippen LogP contribution in [0.3, 0.4) is 0 Å². The van der Waals surface area contributed by atoms with E-state index in [4.69, 9.17) is 0 Å². The Morgan fingerprint density at radius 1 is 1.00 bits per heavy atom. The molecular formula is C22H22FN3O2. The molecule has 0 radical (unpaired) electrons. The third-order valence-electron chi connectivity index (χ3n) is 6.48. The Kier molecular flexibility index (Phi) is 4.16. The van der Waals surface area contributed by atoms with Crippen LogP contribution in [0.1, 0.15) is 17.9 Å². The van der Waals surface area contributed by atoms with E-state index in [9.17, 15) is 14.0 Å². The zero-order valence-electron chi connectivity index (χ0n) is 15.5. The second-order valence-electron chi connectivity index (χ2n) is 8.01. The molecule has 3 atom stereocenters. The van der Waals surface area contributed by atoms with Gasteiger partial charge in [-0.15, -0.1) is 0 Å². The highest BCUT2D eigenvalue weighted by atomic mass is 19.1. The van der Waals surface area contributed by atoms with Crippen LogP contribution in [-0.4, -0.2) is 34.1 Å². The highest BCUT2D eigenvalue weighted by Gasteiger charge is 2.47. The third kappa shape index (κ3) is 2.88. The maximum Gasteiger partial charge on any atom is 0.328 e. The lowest BCUT2D eigenvalue weighted by atomic mass is 9.64. The lowest BCUT2D eigenvalue weighted by molar-refractivity contribution is 0.191. The summed E-state index contributed by atoms with van der Waals surface area (Å²) < 4.78 is 14.8. The van der Waals surface area contributed by atoms with Crippen molar-refractivity contribution in [2.45, 2.75) is 18.9 Å². The second-order valence-corrected chi connectivity index (χ2v) is 8.01. The Balaban J connectivity index is 1.29. The number of nitrogens with zero attached hydrogens (tertiary/aromatic N) is 2. The van der Waals surface area contributed by atoms with Gasteiger partial charge in [-0.1, -0.05) is 24.3 Å². The number of halogens is 1. The molecule has 28 heavy (non-hydrogen) atoms. The molecule has 0 amide bonds. The fraction of sp³-hybridized carbons (Fsp3) is 0.364. The fourth-order valence-electron chi connectivity index (χ4n) is 4.98. The SMILES string of the molecule is O=c1[nH]c(=O)n(CCN2CC3CC(c4ccc(F)cc4)C3C2)c2ccccc12. The first-order chi connectivity index (χ1) is 13.6. The molecule has 1 saturated carbocycles. The van der Waals surface area contributed by atoms with Gasteiger partial charge in [-0.3, -0.25) is 14.3 Å². The number of hydrogen-bond acceptors (Lipinski definition) is 3. The Morgan fingerprint density at radius 2 is 1.79 bits per heavy atom. The van der Waals surface area contributed by atoms with E-state index in [1.165, 1.54) is 5.56 Å². The number of benzene rings is 2. The van der Waals surface area contributed by atoms with E-state index in [1.807, 2.05) is 24.3 Å². The minimum atomic E-state index is -0.352. The van der Waals surface area contributed by atoms with E-state index >= 15 is 0 Å². The number of H-pyrrole nitrogens is 1. The average molecular weight is 379 g/mol. The largest absolute Gasteiger partial charge is 0.328 e. The molecule has 1 saturated heterocycles. The molecule has 3 unspecified atom stereocenters. The monoisotopic (exact) mass is 379 g/mol. The van der Waals surface area contributed by atoms with E-state index in [1.54, 1.807) is 28.8 Å². The van der Waals surface area contributed by atoms with E-state index in [2.05, 4.69) is 9.88 Å². The molecule has 2 aliphatic rings. The lowest BCUT2D eigenvalue weighted by Crippen LogP contribution is -2.34. The zero-order chi connectivity index (χ0) is 19.3. The molecule has 1 N–H and O–H groups in total. The molecule has 1 aliphatic heterocycles. The summed E-state index contributed by atoms with van der Waals surface area (Å²) in [4.78, 5) is 29.1. The predicted molar refractivity (Wildman–Crippen MR) is 106 cm³/mol. The number of para-hydroxylation sites is 1. The van der Waals surface area contributed by atoms with Gasteiger partial charge in [0, 0.05) is 26.2 Å². The van der Waals surface area contributed by atoms with Crippen LogP contribution >= 0.6 is 0 Å². The van der Waals surface area contributed by atoms with E-state index in [0.717, 1.165) is 26.1 Å². The first-order valence-electron chi connectivity index (χ1n) is 9.80. The van der Waals surface area contributed by atoms with Gasteiger partial charge >= 0.3 is 5.69 Å². The number of aromatic amines is 1. The van der Waals surface area contributed by atoms with Gasteiger partial charge in [0.25, 0.3) is 5.56 Å². The normalized spacial score (nSPS) is 24.2. The topological polar surface area (TPSA) is 58.1 Å². The van der Waals surface area contributed by atoms with E-state index < -0.39 is 0 Å². The van der Waals surface area contributed by atoms with Gasteiger partial charge in [-0.05, 0) is 54.0 Å². The first kappa shape index (κ1) is 17.4. The van der Waals surface area contributed by atoms with Crippen molar-refractivity contribution in [2.75, 3.05) is 19.6 Å². The van der Waals surface area contributed by atoms with Crippen molar-refractivity contribution in [3.05, 3.63) is 80.7 Å². The van der Waals surface area contributed by atoms with Gasteiger partial charge in [0.2, 0.25) is 0 Å². The van der Waals surface area contributed by atoms with Gasteiger partial charge < -0.3 is 4.90 Å². The molecule has 2 fully saturated rings. The van der Waals surface area contributed by atoms with Crippen molar-refractivity contribution >= 4 is 10.9 Å². The Labute approximate surface area is 161 Å². The number of fused-ring (bicyclic) bond motifs is 2. The molecule has 2 aromatic carbocycles. The van der Waals surface area contributed by atoms with Crippen molar-refractivity contribution in [1.29, 1.82) is 0 Å². The van der Waals surface area contributed by atoms with Gasteiger partial charge in [0.15, 0.2) is 0 Å². The van der Waals surface area contributed by atoms with Crippen LogP contribution in [0.5, 0.6) is 0 Å². The van der Waals surface area contributed by atoms with Gasteiger partial charge in [-0.25, -0.2) is 9.18 Å². The maximum atomic E-state index is 13.2. The Morgan fingerprint density at radius 3 is 2.61 bits per heavy atom. The molecule has 1 aliphatic carbocycles. The summed E-state index contributed by atoms with van der Waals surface area (Å²) in [6, 6.07) is 14.1. The minimum Gasteiger partial charge on any atom is -0.301 e. The number of rotatable bonds is 4. The van der Waals surface area contributed by atoms with Gasteiger partial charge in [0.05, 0.1) is 10.9 Å². The van der Waals surface area contributed by atoms with Crippen molar-refractivity contribution in [3.8, 4) is 0 Å². The molecule has 5 rings (SSSR count). The molecular weight excluding hydrogens is 357 g/mol. The van der Waals surface area contributed by atoms with E-state index in [0.29, 0.717) is 35.2 Å². The zero-order valence-corrected chi connectivity index (χ0v) is 15.5. The summed E-state index contributed by atoms with van der Waals surface area (Å²) in [5, 5.41) is 0.542. The van der Waals surface area contributed by atoms with Gasteiger partial charge in [0.1, 0.15) is 5.82 Å². The summed E-state index contributed by atoms with van der Waals surface area (Å²) in [6.45, 7) is 3.37. The van der Waals surface area contributed by atoms with Crippen molar-refractivity contribution in [3.63, 3.8) is 0 Å². The summed E-state index contributed by atoms with van der Waals surface area (Å²) >= 11 is 0. The van der Waals surface area contributed by atoms with Crippen LogP contribution in [0.2, 0.25) is 0 Å². The predicted octanol–water partition coefficient (Wildman–Crippen LogP) is 2.56. The molecule has 2 heterocycles. The van der Waals surface area contributed by atoms with Gasteiger partial charge in [-0.2, -0.15) is 0 Å². The quantitative estimate of drug-likeness (QED) is 0.758. The minimum absolute atomic E-state index is 0.189. The highest BCUT2D eigenvalue weighted by molar-refractivity contribution is 5.77. The summed E-state index contributed by atoms with van der Waals surface area (Å²) in [6.07, 6.45) is 1.15. The summed E-state index contributed by atoms with van der Waals surface area (Å²) in [7, 11) is 0. The lowest BCUT2D eigenvalue weighted by Gasteiger charge is -2.40. The van der Waals surface area contributed by atoms with Crippen LogP contribution in [-0.2, 0) is 6.54 Å². The average Bonchev–Trinajstić information content (AvgIpc) is 2.99. The maximum absolute atomic E-state index is 13.2. The van der Waals surface area contributed by atoms with E-state index in [-0.39, 0.29) is 17.1 Å². The molecule has 6 heteroatoms. The number of hydrogen-bond donors (Lipinski definition) is 1. The number of nitrogens with one attached hydrogen (secondary N) is 1. The smallest absolute Gasteiger partial charge is 0.301 e. The standard InChI is InChI=1S/C22H22FN3O2/c23-16-7-5-14(6-8-16)18-11-15-12-25(13-19(15)18)9-10-26-20-4-2-1-3-17(20)21(27)24-22(26)28/h1-8,15,18-19H,9-13H2,(H,24,27,28). The second kappa shape index (κ2) is 6.71. The van der Waals surface area contributed by atoms with Crippen molar-refractivity contribution < 1.29 is 4.39 Å². The molecule has 5 nitrogen and oxygen atoms in total. The summed E-state index contributed by atoms with van der Waals surface area (Å²) in [5.74, 6) is 1.60. The van der Waals surface area contributed by atoms with Crippen LogP contribution in [0.15, 0.2) is 58.1 Å². The van der Waals surface area contributed by atoms with Crippen LogP contribution < -0.4 is 11.2 Å². The van der Waals surface area contributed by atoms with Crippen LogP contribution in [0.4, 0.5) is 4.39 Å². The van der Waals surface area contributed by atoms with Crippen molar-refractivity contribution in [1.82, 2.24) is 14.5 Å². The molecule has 144 valence electrons. The molecule has 3 aromatic rings. The van der Waals surface area contributed by atoms with Crippen LogP contribution in [0, 0.1) is 17.7 Å². The third-order valence-corrected chi connectivity index (χ3v) is 6.48. The van der Waals surface area contributed by atoms with Crippen LogP contribution in [0.25, 0.3) is 10.9 Å². The Hall–Kier alpha value is -2.73. The number of aromatic nitrogens is 2. The molecule has 0 bridgehead atoms. The Bertz CT molecular complexity index is 1130. The highest BCUT2D eigenvalue weighted by Crippen LogP contribution is 2.51. The first-order valence-corrected chi connectivity index (χ1v) is 9.80.